The summed E-state index contributed by atoms with van der Waals surface area (Å²) < 4.78 is 41.5. The average molecular weight is 912 g/mol. The summed E-state index contributed by atoms with van der Waals surface area (Å²) in [6.45, 7) is 7.82. The van der Waals surface area contributed by atoms with E-state index in [0.717, 1.165) is 57.6 Å². The maximum Gasteiger partial charge on any atom is 0.259 e. The van der Waals surface area contributed by atoms with Crippen LogP contribution in [0.5, 0.6) is 11.5 Å². The minimum Gasteiger partial charge on any atom is -0.496 e. The number of sulfonamides is 1. The summed E-state index contributed by atoms with van der Waals surface area (Å²) in [7, 11) is -2.37. The van der Waals surface area contributed by atoms with Gasteiger partial charge in [0.25, 0.3) is 5.91 Å². The van der Waals surface area contributed by atoms with E-state index >= 15 is 4.79 Å². The van der Waals surface area contributed by atoms with E-state index < -0.39 is 56.2 Å². The van der Waals surface area contributed by atoms with Crippen molar-refractivity contribution in [2.75, 3.05) is 19.0 Å². The fourth-order valence-electron chi connectivity index (χ4n) is 8.69. The zero-order valence-electron chi connectivity index (χ0n) is 36.1. The number of thiazole rings is 2. The van der Waals surface area contributed by atoms with Gasteiger partial charge in [-0.1, -0.05) is 62.3 Å². The highest BCUT2D eigenvalue weighted by atomic mass is 32.2. The molecular weight excluding hydrogens is 859 g/mol. The van der Waals surface area contributed by atoms with Crippen LogP contribution < -0.4 is 24.8 Å². The van der Waals surface area contributed by atoms with Crippen molar-refractivity contribution in [3.63, 3.8) is 0 Å². The first-order chi connectivity index (χ1) is 30.2. The number of amides is 3. The van der Waals surface area contributed by atoms with E-state index in [1.807, 2.05) is 66.9 Å². The Morgan fingerprint density at radius 2 is 1.86 bits per heavy atom. The second-order valence-electron chi connectivity index (χ2n) is 17.9. The standard InChI is InChI=1S/C46H53N7O7S3/c1-26(2)34-25-61-41(48-34)33-22-37(30-17-18-36(59-5)27(3)39(30)47-33)60-29-21-35-40(54)51-46(43(56)52-63(57,58)45(4)19-20-45)23-28(46)13-9-7-6-8-10-15-32(42(55)53(35)24-29)50-44-49-31-14-11-12-16-38(31)62-44/h9,11-14,16-18,22,25-26,28-29,32,35H,6-8,10,15,19-21,23-24H2,1-5H3,(H,49,50)(H,51,54)(H,52,56)/t28-,29-,32+,35+,46-/m1/s1. The molecule has 0 unspecified atom stereocenters. The van der Waals surface area contributed by atoms with Gasteiger partial charge in [-0.15, -0.1) is 11.3 Å². The first kappa shape index (κ1) is 43.1. The van der Waals surface area contributed by atoms with E-state index in [2.05, 4.69) is 29.2 Å². The average Bonchev–Trinajstić information content (AvgIpc) is 3.90. The molecule has 0 bridgehead atoms. The molecule has 9 rings (SSSR count). The number of nitrogens with one attached hydrogen (secondary N) is 3. The third-order valence-corrected chi connectivity index (χ3v) is 17.1. The number of rotatable bonds is 10. The van der Waals surface area contributed by atoms with Gasteiger partial charge in [-0.3, -0.25) is 19.1 Å². The Bertz CT molecular complexity index is 2710. The molecule has 17 heteroatoms. The first-order valence-electron chi connectivity index (χ1n) is 21.8. The Labute approximate surface area is 375 Å². The fraction of sp³-hybridized carbons (Fsp3) is 0.478. The summed E-state index contributed by atoms with van der Waals surface area (Å²) in [6, 6.07) is 11.7. The molecule has 14 nitrogen and oxygen atoms in total. The third-order valence-electron chi connectivity index (χ3n) is 13.1. The molecule has 3 fully saturated rings. The normalized spacial score (nSPS) is 24.9. The number of pyridine rings is 1. The molecule has 0 radical (unpaired) electrons. The number of carbonyl (C=O) groups is 3. The van der Waals surface area contributed by atoms with Crippen molar-refractivity contribution >= 4 is 76.7 Å². The summed E-state index contributed by atoms with van der Waals surface area (Å²) in [6.07, 6.45) is 8.26. The van der Waals surface area contributed by atoms with Gasteiger partial charge in [-0.05, 0) is 82.6 Å². The van der Waals surface area contributed by atoms with Crippen LogP contribution >= 0.6 is 22.7 Å². The summed E-state index contributed by atoms with van der Waals surface area (Å²) in [5.41, 5.74) is 2.43. The number of hydrogen-bond donors (Lipinski definition) is 3. The number of anilines is 1. The minimum absolute atomic E-state index is 0.0766. The smallest absolute Gasteiger partial charge is 0.259 e. The molecule has 3 aromatic heterocycles. The topological polar surface area (TPSA) is 182 Å². The fourth-order valence-corrected chi connectivity index (χ4v) is 11.9. The summed E-state index contributed by atoms with van der Waals surface area (Å²) in [5.74, 6) is -0.579. The van der Waals surface area contributed by atoms with Gasteiger partial charge in [-0.25, -0.2) is 23.4 Å². The Kier molecular flexibility index (Phi) is 11.5. The molecule has 3 N–H and O–H groups in total. The van der Waals surface area contributed by atoms with Gasteiger partial charge in [0.15, 0.2) is 5.13 Å². The predicted molar refractivity (Wildman–Crippen MR) is 246 cm³/mol. The molecule has 2 saturated carbocycles. The lowest BCUT2D eigenvalue weighted by molar-refractivity contribution is -0.140. The number of ether oxygens (including phenoxy) is 2. The molecular formula is C46H53N7O7S3. The van der Waals surface area contributed by atoms with Gasteiger partial charge in [0.05, 0.1) is 39.8 Å². The summed E-state index contributed by atoms with van der Waals surface area (Å²) in [4.78, 5) is 60.3. The van der Waals surface area contributed by atoms with Gasteiger partial charge in [0.1, 0.15) is 45.9 Å². The lowest BCUT2D eigenvalue weighted by Gasteiger charge is -2.30. The molecule has 5 heterocycles. The molecule has 2 aliphatic heterocycles. The number of aryl methyl sites for hydroxylation is 1. The van der Waals surface area contributed by atoms with E-state index in [9.17, 15) is 18.0 Å². The van der Waals surface area contributed by atoms with Gasteiger partial charge < -0.3 is 25.0 Å². The van der Waals surface area contributed by atoms with E-state index in [-0.39, 0.29) is 31.2 Å². The first-order valence-corrected chi connectivity index (χ1v) is 25.0. The number of hydrogen-bond acceptors (Lipinski definition) is 13. The van der Waals surface area contributed by atoms with E-state index in [1.54, 1.807) is 18.9 Å². The molecule has 4 aliphatic rings. The number of para-hydroxylation sites is 1. The second kappa shape index (κ2) is 16.8. The SMILES string of the molecule is COc1ccc2c(O[C@@H]3C[C@H]4C(=O)N[C@]5(C(=O)NS(=O)(=O)C6(C)CC6)C[C@H]5C=CCCCCC[C@H](Nc5nc6ccccc6s5)C(=O)N4C3)cc(-c3nc(C(C)C)cs3)nc2c1C. The zero-order chi connectivity index (χ0) is 44.3. The lowest BCUT2D eigenvalue weighted by Crippen LogP contribution is -2.58. The van der Waals surface area contributed by atoms with Crippen LogP contribution in [0.4, 0.5) is 5.13 Å². The van der Waals surface area contributed by atoms with Crippen LogP contribution in [-0.4, -0.2) is 88.1 Å². The van der Waals surface area contributed by atoms with Crippen LogP contribution in [0.2, 0.25) is 0 Å². The van der Waals surface area contributed by atoms with E-state index in [4.69, 9.17) is 24.4 Å². The van der Waals surface area contributed by atoms with Gasteiger partial charge >= 0.3 is 0 Å². The van der Waals surface area contributed by atoms with Crippen molar-refractivity contribution < 1.29 is 32.3 Å². The van der Waals surface area contributed by atoms with Gasteiger partial charge in [0, 0.05) is 34.7 Å². The van der Waals surface area contributed by atoms with Crippen LogP contribution in [0, 0.1) is 12.8 Å². The van der Waals surface area contributed by atoms with Crippen LogP contribution in [0.1, 0.15) is 95.7 Å². The monoisotopic (exact) mass is 911 g/mol. The molecule has 2 aromatic carbocycles. The number of allylic oxidation sites excluding steroid dienone is 1. The van der Waals surface area contributed by atoms with E-state index in [1.165, 1.54) is 22.7 Å². The molecule has 2 aliphatic carbocycles. The van der Waals surface area contributed by atoms with E-state index in [0.29, 0.717) is 47.1 Å². The van der Waals surface area contributed by atoms with Crippen molar-refractivity contribution in [3.05, 3.63) is 71.3 Å². The second-order valence-corrected chi connectivity index (χ2v) is 22.0. The lowest BCUT2D eigenvalue weighted by atomic mass is 10.1. The molecule has 332 valence electrons. The van der Waals surface area contributed by atoms with Crippen molar-refractivity contribution in [3.8, 4) is 22.2 Å². The largest absolute Gasteiger partial charge is 0.496 e. The number of aromatic nitrogens is 3. The molecule has 3 amide bonds. The number of methoxy groups -OCH3 is 1. The third kappa shape index (κ3) is 8.39. The highest BCUT2D eigenvalue weighted by Crippen LogP contribution is 2.48. The van der Waals surface area contributed by atoms with Crippen molar-refractivity contribution in [1.82, 2.24) is 29.9 Å². The maximum absolute atomic E-state index is 15.1. The number of benzene rings is 2. The molecule has 5 atom stereocenters. The molecule has 63 heavy (non-hydrogen) atoms. The molecule has 0 spiro atoms. The zero-order valence-corrected chi connectivity index (χ0v) is 38.6. The van der Waals surface area contributed by atoms with Crippen LogP contribution in [0.15, 0.2) is 60.0 Å². The quantitative estimate of drug-likeness (QED) is 0.117. The minimum atomic E-state index is -3.99. The Morgan fingerprint density at radius 3 is 2.60 bits per heavy atom. The number of carbonyl (C=O) groups excluding carboxylic acids is 3. The molecule has 1 saturated heterocycles. The Hall–Kier alpha value is -5.13. The van der Waals surface area contributed by atoms with Gasteiger partial charge in [-0.2, -0.15) is 0 Å². The Morgan fingerprint density at radius 1 is 1.05 bits per heavy atom. The highest BCUT2D eigenvalue weighted by Gasteiger charge is 2.63. The maximum atomic E-state index is 15.1. The van der Waals surface area contributed by atoms with Crippen LogP contribution in [-0.2, 0) is 24.4 Å². The molecule has 5 aromatic rings. The van der Waals surface area contributed by atoms with Crippen LogP contribution in [0.25, 0.3) is 31.8 Å². The summed E-state index contributed by atoms with van der Waals surface area (Å²) in [5, 5.41) is 10.6. The summed E-state index contributed by atoms with van der Waals surface area (Å²) >= 11 is 2.97. The van der Waals surface area contributed by atoms with Gasteiger partial charge in [0.2, 0.25) is 21.8 Å². The van der Waals surface area contributed by atoms with Crippen LogP contribution in [0.3, 0.4) is 0 Å². The van der Waals surface area contributed by atoms with Crippen molar-refractivity contribution in [2.24, 2.45) is 5.92 Å². The van der Waals surface area contributed by atoms with Crippen molar-refractivity contribution in [2.45, 2.75) is 120 Å². The number of nitrogens with zero attached hydrogens (tertiary/aromatic N) is 4. The number of fused-ring (bicyclic) bond motifs is 4. The Balaban J connectivity index is 1.07. The van der Waals surface area contributed by atoms with Crippen molar-refractivity contribution in [1.29, 1.82) is 0 Å². The highest BCUT2D eigenvalue weighted by molar-refractivity contribution is 7.91. The predicted octanol–water partition coefficient (Wildman–Crippen LogP) is 7.63.